The summed E-state index contributed by atoms with van der Waals surface area (Å²) >= 11 is 0. The lowest BCUT2D eigenvalue weighted by Gasteiger charge is -2.29. The Balaban J connectivity index is 1.44. The Hall–Kier alpha value is -4.34. The van der Waals surface area contributed by atoms with Crippen molar-refractivity contribution in [3.05, 3.63) is 83.7 Å². The maximum Gasteiger partial charge on any atom is 0.265 e. The molecule has 0 fully saturated rings. The predicted octanol–water partition coefficient (Wildman–Crippen LogP) is 2.66. The molecule has 0 atom stereocenters. The quantitative estimate of drug-likeness (QED) is 0.512. The summed E-state index contributed by atoms with van der Waals surface area (Å²) in [6.07, 6.45) is 1.61. The molecule has 1 aliphatic heterocycles. The average molecular weight is 467 g/mol. The van der Waals surface area contributed by atoms with Crippen LogP contribution in [0.4, 0.5) is 14.5 Å². The number of Topliss-reactive ketones (excluding diaryl/α,β-unsaturated/α-hetero) is 1. The van der Waals surface area contributed by atoms with Crippen molar-refractivity contribution in [2.24, 2.45) is 0 Å². The van der Waals surface area contributed by atoms with Gasteiger partial charge < -0.3 is 14.8 Å². The van der Waals surface area contributed by atoms with E-state index in [4.69, 9.17) is 9.47 Å². The summed E-state index contributed by atoms with van der Waals surface area (Å²) in [5, 5.41) is 2.70. The van der Waals surface area contributed by atoms with E-state index >= 15 is 0 Å². The Bertz CT molecular complexity index is 1240. The van der Waals surface area contributed by atoms with E-state index in [-0.39, 0.29) is 36.7 Å². The Morgan fingerprint density at radius 2 is 1.97 bits per heavy atom. The number of ketones is 1. The lowest BCUT2D eigenvalue weighted by Crippen LogP contribution is -2.45. The number of aromatic nitrogens is 1. The molecular formula is C24H19F2N3O5. The van der Waals surface area contributed by atoms with Crippen LogP contribution in [0.2, 0.25) is 0 Å². The molecule has 0 aliphatic carbocycles. The normalized spacial score (nSPS) is 12.5. The Kier molecular flexibility index (Phi) is 6.77. The Labute approximate surface area is 193 Å². The molecule has 0 unspecified atom stereocenters. The van der Waals surface area contributed by atoms with Crippen LogP contribution in [0.25, 0.3) is 0 Å². The van der Waals surface area contributed by atoms with Gasteiger partial charge in [-0.1, -0.05) is 6.07 Å². The van der Waals surface area contributed by atoms with Crippen molar-refractivity contribution in [3.63, 3.8) is 0 Å². The molecule has 174 valence electrons. The number of nitrogens with zero attached hydrogens (tertiary/aromatic N) is 2. The molecule has 0 spiro atoms. The van der Waals surface area contributed by atoms with Crippen LogP contribution in [-0.4, -0.2) is 42.3 Å². The van der Waals surface area contributed by atoms with E-state index in [1.54, 1.807) is 24.4 Å². The first-order valence-electron chi connectivity index (χ1n) is 10.3. The standard InChI is InChI=1S/C24H19F2N3O5/c25-16-5-7-21(18(26)10-16)33-13-20(30)15-4-6-22-19(9-15)29(24(32)14-34-22)12-23(31)28-11-17-3-1-2-8-27-17/h1-10H,11-14H2,(H,28,31). The van der Waals surface area contributed by atoms with Crippen LogP contribution in [0.3, 0.4) is 0 Å². The van der Waals surface area contributed by atoms with Gasteiger partial charge in [0.15, 0.2) is 30.6 Å². The van der Waals surface area contributed by atoms with Gasteiger partial charge in [-0.2, -0.15) is 0 Å². The zero-order valence-electron chi connectivity index (χ0n) is 17.8. The molecule has 1 aliphatic rings. The number of anilines is 1. The lowest BCUT2D eigenvalue weighted by molar-refractivity contribution is -0.125. The first kappa shape index (κ1) is 22.8. The number of amides is 2. The number of fused-ring (bicyclic) bond motifs is 1. The van der Waals surface area contributed by atoms with E-state index in [9.17, 15) is 23.2 Å². The topological polar surface area (TPSA) is 97.8 Å². The third-order valence-electron chi connectivity index (χ3n) is 4.97. The minimum absolute atomic E-state index is 0.165. The number of pyridine rings is 1. The second-order valence-electron chi connectivity index (χ2n) is 7.34. The van der Waals surface area contributed by atoms with Gasteiger partial charge in [-0.15, -0.1) is 0 Å². The summed E-state index contributed by atoms with van der Waals surface area (Å²) in [6, 6.07) is 12.4. The van der Waals surface area contributed by atoms with Gasteiger partial charge in [0.05, 0.1) is 17.9 Å². The van der Waals surface area contributed by atoms with Crippen molar-refractivity contribution in [2.45, 2.75) is 6.54 Å². The molecular weight excluding hydrogens is 448 g/mol. The molecule has 2 heterocycles. The maximum absolute atomic E-state index is 13.7. The summed E-state index contributed by atoms with van der Waals surface area (Å²) in [5.74, 6) is -3.01. The Morgan fingerprint density at radius 3 is 2.74 bits per heavy atom. The van der Waals surface area contributed by atoms with E-state index in [2.05, 4.69) is 10.3 Å². The summed E-state index contributed by atoms with van der Waals surface area (Å²) < 4.78 is 37.3. The molecule has 0 radical (unpaired) electrons. The molecule has 4 rings (SSSR count). The number of rotatable bonds is 8. The molecule has 8 nitrogen and oxygen atoms in total. The van der Waals surface area contributed by atoms with E-state index in [1.807, 2.05) is 0 Å². The number of halogens is 2. The minimum Gasteiger partial charge on any atom is -0.482 e. The minimum atomic E-state index is -0.930. The van der Waals surface area contributed by atoms with Crippen molar-refractivity contribution in [3.8, 4) is 11.5 Å². The number of carbonyl (C=O) groups is 3. The second-order valence-corrected chi connectivity index (χ2v) is 7.34. The summed E-state index contributed by atoms with van der Waals surface area (Å²) in [7, 11) is 0. The number of nitrogens with one attached hydrogen (secondary N) is 1. The second kappa shape index (κ2) is 10.1. The predicted molar refractivity (Wildman–Crippen MR) is 117 cm³/mol. The fourth-order valence-electron chi connectivity index (χ4n) is 3.26. The molecule has 0 saturated heterocycles. The average Bonchev–Trinajstić information content (AvgIpc) is 2.84. The highest BCUT2D eigenvalue weighted by Gasteiger charge is 2.28. The first-order valence-corrected chi connectivity index (χ1v) is 10.3. The summed E-state index contributed by atoms with van der Waals surface area (Å²) in [6.45, 7) is -0.848. The van der Waals surface area contributed by atoms with Crippen molar-refractivity contribution >= 4 is 23.3 Å². The van der Waals surface area contributed by atoms with Crippen LogP contribution in [-0.2, 0) is 16.1 Å². The van der Waals surface area contributed by atoms with Gasteiger partial charge in [0.2, 0.25) is 5.91 Å². The van der Waals surface area contributed by atoms with Crippen molar-refractivity contribution in [2.75, 3.05) is 24.7 Å². The monoisotopic (exact) mass is 467 g/mol. The van der Waals surface area contributed by atoms with Gasteiger partial charge in [-0.05, 0) is 42.5 Å². The molecule has 10 heteroatoms. The lowest BCUT2D eigenvalue weighted by atomic mass is 10.1. The maximum atomic E-state index is 13.7. The van der Waals surface area contributed by atoms with Crippen molar-refractivity contribution in [1.82, 2.24) is 10.3 Å². The SMILES string of the molecule is O=C(CN1C(=O)COc2ccc(C(=O)COc3ccc(F)cc3F)cc21)NCc1ccccn1. The molecule has 2 aromatic carbocycles. The molecule has 34 heavy (non-hydrogen) atoms. The van der Waals surface area contributed by atoms with Crippen LogP contribution >= 0.6 is 0 Å². The third kappa shape index (κ3) is 5.34. The zero-order valence-corrected chi connectivity index (χ0v) is 17.8. The molecule has 1 N–H and O–H groups in total. The molecule has 1 aromatic heterocycles. The van der Waals surface area contributed by atoms with Gasteiger partial charge in [-0.3, -0.25) is 24.3 Å². The smallest absolute Gasteiger partial charge is 0.265 e. The van der Waals surface area contributed by atoms with Crippen molar-refractivity contribution in [1.29, 1.82) is 0 Å². The van der Waals surface area contributed by atoms with Gasteiger partial charge >= 0.3 is 0 Å². The number of ether oxygens (including phenoxy) is 2. The zero-order chi connectivity index (χ0) is 24.1. The van der Waals surface area contributed by atoms with E-state index in [0.29, 0.717) is 17.5 Å². The number of hydrogen-bond acceptors (Lipinski definition) is 6. The van der Waals surface area contributed by atoms with Crippen LogP contribution < -0.4 is 19.7 Å². The number of benzene rings is 2. The largest absolute Gasteiger partial charge is 0.482 e. The van der Waals surface area contributed by atoms with Crippen molar-refractivity contribution < 1.29 is 32.6 Å². The number of carbonyl (C=O) groups excluding carboxylic acids is 3. The van der Waals surface area contributed by atoms with E-state index in [0.717, 1.165) is 12.1 Å². The number of hydrogen-bond donors (Lipinski definition) is 1. The van der Waals surface area contributed by atoms with Crippen LogP contribution in [0.15, 0.2) is 60.8 Å². The van der Waals surface area contributed by atoms with Crippen LogP contribution in [0, 0.1) is 11.6 Å². The Morgan fingerprint density at radius 1 is 1.12 bits per heavy atom. The molecule has 3 aromatic rings. The molecule has 0 saturated carbocycles. The highest BCUT2D eigenvalue weighted by molar-refractivity contribution is 6.04. The van der Waals surface area contributed by atoms with Gasteiger partial charge in [0, 0.05) is 17.8 Å². The van der Waals surface area contributed by atoms with Gasteiger partial charge in [0.25, 0.3) is 5.91 Å². The highest BCUT2D eigenvalue weighted by Crippen LogP contribution is 2.33. The summed E-state index contributed by atoms with van der Waals surface area (Å²) in [4.78, 5) is 42.8. The van der Waals surface area contributed by atoms with Gasteiger partial charge in [0.1, 0.15) is 18.1 Å². The van der Waals surface area contributed by atoms with Gasteiger partial charge in [-0.25, -0.2) is 8.78 Å². The van der Waals surface area contributed by atoms with E-state index in [1.165, 1.54) is 23.1 Å². The van der Waals surface area contributed by atoms with E-state index < -0.39 is 35.8 Å². The third-order valence-corrected chi connectivity index (χ3v) is 4.97. The first-order chi connectivity index (χ1) is 16.4. The fourth-order valence-corrected chi connectivity index (χ4v) is 3.26. The molecule has 2 amide bonds. The highest BCUT2D eigenvalue weighted by atomic mass is 19.1. The fraction of sp³-hybridized carbons (Fsp3) is 0.167. The van der Waals surface area contributed by atoms with Crippen LogP contribution in [0.5, 0.6) is 11.5 Å². The van der Waals surface area contributed by atoms with Crippen LogP contribution in [0.1, 0.15) is 16.1 Å². The summed E-state index contributed by atoms with van der Waals surface area (Å²) in [5.41, 5.74) is 1.08. The molecule has 0 bridgehead atoms.